The fourth-order valence-electron chi connectivity index (χ4n) is 3.60. The van der Waals surface area contributed by atoms with Crippen molar-refractivity contribution in [3.05, 3.63) is 30.3 Å². The van der Waals surface area contributed by atoms with Gasteiger partial charge in [-0.15, -0.1) is 10.2 Å². The number of phenolic OH excluding ortho intramolecular Hbond substituents is 1. The Morgan fingerprint density at radius 2 is 2.04 bits per heavy atom. The second-order valence-corrected chi connectivity index (χ2v) is 6.80. The minimum Gasteiger partial charge on any atom is -0.507 e. The summed E-state index contributed by atoms with van der Waals surface area (Å²) in [6.07, 6.45) is 0. The van der Waals surface area contributed by atoms with Crippen LogP contribution in [0.2, 0.25) is 0 Å². The summed E-state index contributed by atoms with van der Waals surface area (Å²) in [5.74, 6) is 1.07. The van der Waals surface area contributed by atoms with Gasteiger partial charge in [0.05, 0.1) is 17.4 Å². The number of piperazine rings is 1. The molecule has 3 heterocycles. The molecule has 1 aromatic heterocycles. The third kappa shape index (κ3) is 2.57. The molecule has 2 aromatic rings. The lowest BCUT2D eigenvalue weighted by Crippen LogP contribution is -2.59. The molecular weight excluding hydrogens is 302 g/mol. The Morgan fingerprint density at radius 1 is 1.21 bits per heavy atom. The van der Waals surface area contributed by atoms with E-state index in [1.807, 2.05) is 24.3 Å². The van der Waals surface area contributed by atoms with E-state index in [9.17, 15) is 5.11 Å². The number of rotatable bonds is 2. The Balaban J connectivity index is 1.68. The number of aromatic nitrogens is 2. The minimum absolute atomic E-state index is 0.233. The molecule has 1 aromatic carbocycles. The predicted octanol–water partition coefficient (Wildman–Crippen LogP) is 2.17. The van der Waals surface area contributed by atoms with Gasteiger partial charge in [0, 0.05) is 37.8 Å². The predicted molar refractivity (Wildman–Crippen MR) is 95.5 cm³/mol. The van der Waals surface area contributed by atoms with E-state index in [1.165, 1.54) is 0 Å². The summed E-state index contributed by atoms with van der Waals surface area (Å²) in [5, 5.41) is 22.2. The first-order valence-electron chi connectivity index (χ1n) is 8.54. The second-order valence-electron chi connectivity index (χ2n) is 6.80. The molecule has 1 atom stereocenters. The van der Waals surface area contributed by atoms with E-state index in [1.54, 1.807) is 6.07 Å². The molecular formula is C18H23N5O. The molecule has 2 aliphatic heterocycles. The Morgan fingerprint density at radius 3 is 2.83 bits per heavy atom. The van der Waals surface area contributed by atoms with Gasteiger partial charge in [-0.3, -0.25) is 4.90 Å². The van der Waals surface area contributed by atoms with Crippen LogP contribution in [-0.4, -0.2) is 58.5 Å². The molecule has 6 nitrogen and oxygen atoms in total. The largest absolute Gasteiger partial charge is 0.507 e. The Labute approximate surface area is 142 Å². The molecule has 0 radical (unpaired) electrons. The van der Waals surface area contributed by atoms with Crippen LogP contribution in [0.5, 0.6) is 5.75 Å². The van der Waals surface area contributed by atoms with Gasteiger partial charge in [-0.25, -0.2) is 0 Å². The fourth-order valence-corrected chi connectivity index (χ4v) is 3.60. The maximum absolute atomic E-state index is 10.1. The van der Waals surface area contributed by atoms with Gasteiger partial charge in [-0.1, -0.05) is 12.1 Å². The number of benzene rings is 1. The van der Waals surface area contributed by atoms with Crippen LogP contribution < -0.4 is 10.2 Å². The zero-order valence-electron chi connectivity index (χ0n) is 14.1. The number of para-hydroxylation sites is 1. The van der Waals surface area contributed by atoms with Crippen molar-refractivity contribution < 1.29 is 5.11 Å². The van der Waals surface area contributed by atoms with Crippen molar-refractivity contribution in [3.63, 3.8) is 0 Å². The Kier molecular flexibility index (Phi) is 3.76. The summed E-state index contributed by atoms with van der Waals surface area (Å²) in [7, 11) is 0. The van der Waals surface area contributed by atoms with Crippen LogP contribution in [0.1, 0.15) is 13.8 Å². The number of nitrogens with zero attached hydrogens (tertiary/aromatic N) is 4. The molecule has 6 heteroatoms. The summed E-state index contributed by atoms with van der Waals surface area (Å²) in [4.78, 5) is 4.95. The monoisotopic (exact) mass is 325 g/mol. The molecule has 0 bridgehead atoms. The normalized spacial score (nSPS) is 20.5. The van der Waals surface area contributed by atoms with E-state index in [2.05, 4.69) is 39.2 Å². The van der Waals surface area contributed by atoms with Crippen LogP contribution in [0.15, 0.2) is 30.3 Å². The Hall–Kier alpha value is -2.34. The fraction of sp³-hybridized carbons (Fsp3) is 0.444. The summed E-state index contributed by atoms with van der Waals surface area (Å²) in [6, 6.07) is 10.3. The van der Waals surface area contributed by atoms with Crippen molar-refractivity contribution in [1.29, 1.82) is 0 Å². The highest BCUT2D eigenvalue weighted by atomic mass is 16.3. The molecule has 126 valence electrons. The molecule has 1 saturated heterocycles. The van der Waals surface area contributed by atoms with E-state index >= 15 is 0 Å². The third-order valence-corrected chi connectivity index (χ3v) is 5.01. The van der Waals surface area contributed by atoms with Crippen molar-refractivity contribution in [2.45, 2.75) is 25.9 Å². The van der Waals surface area contributed by atoms with Crippen molar-refractivity contribution in [1.82, 2.24) is 15.1 Å². The molecule has 4 rings (SSSR count). The standard InChI is InChI=1S/C18H23N5O/c1-12(2)22-7-8-23-13(11-22)10-19-18-16(23)9-15(20-21-18)14-5-3-4-6-17(14)24/h3-6,9,12-13,24H,7-8,10-11H2,1-2H3,(H,19,21). The topological polar surface area (TPSA) is 64.5 Å². The van der Waals surface area contributed by atoms with E-state index in [4.69, 9.17) is 0 Å². The smallest absolute Gasteiger partial charge is 0.172 e. The van der Waals surface area contributed by atoms with Gasteiger partial charge < -0.3 is 15.3 Å². The summed E-state index contributed by atoms with van der Waals surface area (Å²) >= 11 is 0. The van der Waals surface area contributed by atoms with Crippen LogP contribution in [0.3, 0.4) is 0 Å². The van der Waals surface area contributed by atoms with Crippen LogP contribution in [0.4, 0.5) is 11.5 Å². The summed E-state index contributed by atoms with van der Waals surface area (Å²) in [5.41, 5.74) is 2.51. The molecule has 0 aliphatic carbocycles. The third-order valence-electron chi connectivity index (χ3n) is 5.01. The SMILES string of the molecule is CC(C)N1CCN2c3cc(-c4ccccc4O)nnc3NCC2C1. The number of anilines is 2. The first-order valence-corrected chi connectivity index (χ1v) is 8.54. The van der Waals surface area contributed by atoms with Gasteiger partial charge in [0.15, 0.2) is 5.82 Å². The van der Waals surface area contributed by atoms with Gasteiger partial charge in [-0.05, 0) is 32.0 Å². The lowest BCUT2D eigenvalue weighted by Gasteiger charge is -2.47. The van der Waals surface area contributed by atoms with E-state index in [-0.39, 0.29) is 5.75 Å². The van der Waals surface area contributed by atoms with Gasteiger partial charge in [-0.2, -0.15) is 0 Å². The minimum atomic E-state index is 0.233. The summed E-state index contributed by atoms with van der Waals surface area (Å²) < 4.78 is 0. The van der Waals surface area contributed by atoms with Crippen LogP contribution >= 0.6 is 0 Å². The molecule has 1 fully saturated rings. The number of nitrogens with one attached hydrogen (secondary N) is 1. The van der Waals surface area contributed by atoms with Crippen molar-refractivity contribution in [3.8, 4) is 17.0 Å². The lowest BCUT2D eigenvalue weighted by molar-refractivity contribution is 0.182. The van der Waals surface area contributed by atoms with Crippen molar-refractivity contribution in [2.24, 2.45) is 0 Å². The molecule has 0 amide bonds. The van der Waals surface area contributed by atoms with Crippen molar-refractivity contribution >= 4 is 11.5 Å². The zero-order valence-corrected chi connectivity index (χ0v) is 14.1. The highest BCUT2D eigenvalue weighted by molar-refractivity contribution is 5.76. The van der Waals surface area contributed by atoms with Gasteiger partial charge >= 0.3 is 0 Å². The van der Waals surface area contributed by atoms with Crippen molar-refractivity contribution in [2.75, 3.05) is 36.4 Å². The zero-order chi connectivity index (χ0) is 16.7. The van der Waals surface area contributed by atoms with Gasteiger partial charge in [0.1, 0.15) is 5.75 Å². The first-order chi connectivity index (χ1) is 11.6. The second kappa shape index (κ2) is 5.94. The van der Waals surface area contributed by atoms with Crippen LogP contribution in [-0.2, 0) is 0 Å². The average molecular weight is 325 g/mol. The first kappa shape index (κ1) is 15.2. The molecule has 0 saturated carbocycles. The maximum atomic E-state index is 10.1. The van der Waals surface area contributed by atoms with Crippen LogP contribution in [0.25, 0.3) is 11.3 Å². The molecule has 24 heavy (non-hydrogen) atoms. The van der Waals surface area contributed by atoms with E-state index in [0.717, 1.165) is 43.2 Å². The number of hydrogen-bond donors (Lipinski definition) is 2. The molecule has 0 spiro atoms. The summed E-state index contributed by atoms with van der Waals surface area (Å²) in [6.45, 7) is 8.49. The molecule has 2 N–H and O–H groups in total. The van der Waals surface area contributed by atoms with E-state index in [0.29, 0.717) is 17.8 Å². The number of hydrogen-bond acceptors (Lipinski definition) is 6. The lowest BCUT2D eigenvalue weighted by atomic mass is 10.0. The van der Waals surface area contributed by atoms with E-state index < -0.39 is 0 Å². The highest BCUT2D eigenvalue weighted by Gasteiger charge is 2.33. The molecule has 2 aliphatic rings. The highest BCUT2D eigenvalue weighted by Crippen LogP contribution is 2.35. The maximum Gasteiger partial charge on any atom is 0.172 e. The quantitative estimate of drug-likeness (QED) is 0.882. The van der Waals surface area contributed by atoms with Gasteiger partial charge in [0.2, 0.25) is 0 Å². The number of fused-ring (bicyclic) bond motifs is 3. The number of aromatic hydroxyl groups is 1. The Bertz CT molecular complexity index is 748. The molecule has 1 unspecified atom stereocenters. The van der Waals surface area contributed by atoms with Crippen LogP contribution in [0, 0.1) is 0 Å². The average Bonchev–Trinajstić information content (AvgIpc) is 2.61. The van der Waals surface area contributed by atoms with Gasteiger partial charge in [0.25, 0.3) is 0 Å². The number of phenols is 1.